The zero-order chi connectivity index (χ0) is 14.0. The van der Waals surface area contributed by atoms with Crippen molar-refractivity contribution in [1.29, 1.82) is 0 Å². The lowest BCUT2D eigenvalue weighted by atomic mass is 10.1. The van der Waals surface area contributed by atoms with Gasteiger partial charge in [-0.15, -0.1) is 10.2 Å². The van der Waals surface area contributed by atoms with E-state index in [1.807, 2.05) is 11.6 Å². The Morgan fingerprint density at radius 2 is 2.21 bits per heavy atom. The number of nitrogens with one attached hydrogen (secondary N) is 1. The first-order valence-corrected chi connectivity index (χ1v) is 7.20. The monoisotopic (exact) mass is 265 g/mol. The molecule has 2 rings (SSSR count). The van der Waals surface area contributed by atoms with E-state index in [4.69, 9.17) is 0 Å². The Bertz CT molecular complexity index is 406. The van der Waals surface area contributed by atoms with Gasteiger partial charge >= 0.3 is 0 Å². The Kier molecular flexibility index (Phi) is 4.26. The van der Waals surface area contributed by atoms with Gasteiger partial charge in [0.05, 0.1) is 6.04 Å². The van der Waals surface area contributed by atoms with Gasteiger partial charge in [-0.1, -0.05) is 0 Å². The predicted molar refractivity (Wildman–Crippen MR) is 76.9 cm³/mol. The molecule has 1 N–H and O–H groups in total. The molecule has 0 spiro atoms. The van der Waals surface area contributed by atoms with E-state index < -0.39 is 0 Å². The number of hydrogen-bond acceptors (Lipinski definition) is 4. The van der Waals surface area contributed by atoms with E-state index in [0.29, 0.717) is 6.04 Å². The minimum absolute atomic E-state index is 0.211. The maximum atomic E-state index is 4.23. The molecule has 5 heteroatoms. The van der Waals surface area contributed by atoms with E-state index in [2.05, 4.69) is 48.1 Å². The van der Waals surface area contributed by atoms with Gasteiger partial charge in [0.25, 0.3) is 0 Å². The van der Waals surface area contributed by atoms with E-state index in [-0.39, 0.29) is 5.54 Å². The predicted octanol–water partition coefficient (Wildman–Crippen LogP) is 1.59. The van der Waals surface area contributed by atoms with Gasteiger partial charge in [0, 0.05) is 19.1 Å². The van der Waals surface area contributed by atoms with Gasteiger partial charge in [0.1, 0.15) is 12.2 Å². The van der Waals surface area contributed by atoms with E-state index in [9.17, 15) is 0 Å². The van der Waals surface area contributed by atoms with Crippen LogP contribution in [0.2, 0.25) is 0 Å². The summed E-state index contributed by atoms with van der Waals surface area (Å²) in [5, 5.41) is 11.8. The second-order valence-electron chi connectivity index (χ2n) is 6.76. The summed E-state index contributed by atoms with van der Waals surface area (Å²) in [4.78, 5) is 2.51. The molecule has 2 unspecified atom stereocenters. The molecule has 0 radical (unpaired) electrons. The van der Waals surface area contributed by atoms with Crippen LogP contribution < -0.4 is 5.32 Å². The summed E-state index contributed by atoms with van der Waals surface area (Å²) in [6, 6.07) is 0.354. The maximum Gasteiger partial charge on any atom is 0.149 e. The zero-order valence-electron chi connectivity index (χ0n) is 12.8. The van der Waals surface area contributed by atoms with Crippen molar-refractivity contribution in [3.8, 4) is 0 Å². The Morgan fingerprint density at radius 3 is 2.79 bits per heavy atom. The van der Waals surface area contributed by atoms with Crippen molar-refractivity contribution in [2.75, 3.05) is 19.6 Å². The molecular weight excluding hydrogens is 238 g/mol. The number of aryl methyl sites for hydroxylation is 1. The summed E-state index contributed by atoms with van der Waals surface area (Å²) >= 11 is 0. The van der Waals surface area contributed by atoms with E-state index >= 15 is 0 Å². The van der Waals surface area contributed by atoms with Gasteiger partial charge in [-0.05, 0) is 53.1 Å². The molecule has 1 aliphatic heterocycles. The molecule has 1 aliphatic rings. The molecule has 108 valence electrons. The van der Waals surface area contributed by atoms with E-state index in [1.165, 1.54) is 6.42 Å². The van der Waals surface area contributed by atoms with Crippen LogP contribution in [0.4, 0.5) is 0 Å². The summed E-state index contributed by atoms with van der Waals surface area (Å²) in [5.74, 6) is 1.80. The van der Waals surface area contributed by atoms with Crippen molar-refractivity contribution in [3.63, 3.8) is 0 Å². The molecule has 0 aromatic carbocycles. The van der Waals surface area contributed by atoms with Crippen LogP contribution in [0.15, 0.2) is 6.33 Å². The van der Waals surface area contributed by atoms with Gasteiger partial charge in [-0.3, -0.25) is 4.90 Å². The molecular formula is C14H27N5. The van der Waals surface area contributed by atoms with Crippen LogP contribution in [0.5, 0.6) is 0 Å². The highest BCUT2D eigenvalue weighted by atomic mass is 15.3. The first-order valence-electron chi connectivity index (χ1n) is 7.20. The fraction of sp³-hybridized carbons (Fsp3) is 0.857. The second-order valence-corrected chi connectivity index (χ2v) is 6.76. The van der Waals surface area contributed by atoms with Gasteiger partial charge in [0.2, 0.25) is 0 Å². The third-order valence-corrected chi connectivity index (χ3v) is 3.91. The van der Waals surface area contributed by atoms with Crippen molar-refractivity contribution >= 4 is 0 Å². The molecule has 1 aromatic rings. The smallest absolute Gasteiger partial charge is 0.149 e. The number of likely N-dealkylation sites (tertiary alicyclic amines) is 1. The Labute approximate surface area is 116 Å². The van der Waals surface area contributed by atoms with Crippen molar-refractivity contribution in [3.05, 3.63) is 12.2 Å². The summed E-state index contributed by atoms with van der Waals surface area (Å²) in [6.45, 7) is 12.3. The standard InChI is InChI=1S/C14H27N5/c1-11(13-17-16-10-18(13)5)19-7-6-12(9-19)8-15-14(2,3)4/h10-12,15H,6-9H2,1-5H3. The van der Waals surface area contributed by atoms with Crippen LogP contribution in [0, 0.1) is 5.92 Å². The first kappa shape index (κ1) is 14.5. The Morgan fingerprint density at radius 1 is 1.47 bits per heavy atom. The van der Waals surface area contributed by atoms with E-state index in [1.54, 1.807) is 6.33 Å². The summed E-state index contributed by atoms with van der Waals surface area (Å²) in [5.41, 5.74) is 0.211. The molecule has 19 heavy (non-hydrogen) atoms. The van der Waals surface area contributed by atoms with Crippen LogP contribution in [0.1, 0.15) is 46.0 Å². The largest absolute Gasteiger partial charge is 0.319 e. The number of hydrogen-bond donors (Lipinski definition) is 1. The van der Waals surface area contributed by atoms with Crippen LogP contribution in [-0.4, -0.2) is 44.8 Å². The second kappa shape index (κ2) is 5.59. The molecule has 0 aliphatic carbocycles. The summed E-state index contributed by atoms with van der Waals surface area (Å²) < 4.78 is 2.02. The number of nitrogens with zero attached hydrogens (tertiary/aromatic N) is 4. The average Bonchev–Trinajstić information content (AvgIpc) is 2.93. The van der Waals surface area contributed by atoms with Crippen LogP contribution >= 0.6 is 0 Å². The van der Waals surface area contributed by atoms with Crippen LogP contribution in [-0.2, 0) is 7.05 Å². The molecule has 1 saturated heterocycles. The highest BCUT2D eigenvalue weighted by molar-refractivity contribution is 4.95. The minimum atomic E-state index is 0.211. The summed E-state index contributed by atoms with van der Waals surface area (Å²) in [6.07, 6.45) is 3.05. The maximum absolute atomic E-state index is 4.23. The van der Waals surface area contributed by atoms with E-state index in [0.717, 1.165) is 31.4 Å². The quantitative estimate of drug-likeness (QED) is 0.898. The lowest BCUT2D eigenvalue weighted by Crippen LogP contribution is -2.39. The fourth-order valence-corrected chi connectivity index (χ4v) is 2.67. The molecule has 1 fully saturated rings. The first-order chi connectivity index (χ1) is 8.87. The van der Waals surface area contributed by atoms with Gasteiger partial charge in [0.15, 0.2) is 0 Å². The van der Waals surface area contributed by atoms with Gasteiger partial charge < -0.3 is 9.88 Å². The third-order valence-electron chi connectivity index (χ3n) is 3.91. The molecule has 5 nitrogen and oxygen atoms in total. The van der Waals surface area contributed by atoms with Crippen molar-refractivity contribution in [2.45, 2.75) is 45.7 Å². The average molecular weight is 265 g/mol. The molecule has 0 bridgehead atoms. The minimum Gasteiger partial charge on any atom is -0.319 e. The topological polar surface area (TPSA) is 46.0 Å². The Balaban J connectivity index is 1.86. The highest BCUT2D eigenvalue weighted by Gasteiger charge is 2.29. The fourth-order valence-electron chi connectivity index (χ4n) is 2.67. The Hall–Kier alpha value is -0.940. The third kappa shape index (κ3) is 3.76. The van der Waals surface area contributed by atoms with Gasteiger partial charge in [-0.25, -0.2) is 0 Å². The zero-order valence-corrected chi connectivity index (χ0v) is 12.8. The molecule has 0 amide bonds. The number of rotatable bonds is 4. The van der Waals surface area contributed by atoms with Crippen LogP contribution in [0.25, 0.3) is 0 Å². The lowest BCUT2D eigenvalue weighted by Gasteiger charge is -2.25. The number of aromatic nitrogens is 3. The van der Waals surface area contributed by atoms with Crippen molar-refractivity contribution < 1.29 is 0 Å². The molecule has 1 aromatic heterocycles. The molecule has 2 atom stereocenters. The molecule has 2 heterocycles. The van der Waals surface area contributed by atoms with Crippen molar-refractivity contribution in [1.82, 2.24) is 25.0 Å². The normalized spacial score (nSPS) is 22.9. The highest BCUT2D eigenvalue weighted by Crippen LogP contribution is 2.25. The SMILES string of the molecule is CC(c1nncn1C)N1CCC(CNC(C)(C)C)C1. The van der Waals surface area contributed by atoms with Crippen molar-refractivity contribution in [2.24, 2.45) is 13.0 Å². The summed E-state index contributed by atoms with van der Waals surface area (Å²) in [7, 11) is 2.01. The lowest BCUT2D eigenvalue weighted by molar-refractivity contribution is 0.236. The molecule has 0 saturated carbocycles. The van der Waals surface area contributed by atoms with Crippen LogP contribution in [0.3, 0.4) is 0 Å². The van der Waals surface area contributed by atoms with Gasteiger partial charge in [-0.2, -0.15) is 0 Å².